The number of nitrogens with two attached hydrogens (primary N) is 1. The predicted octanol–water partition coefficient (Wildman–Crippen LogP) is 2.55. The molecule has 0 aliphatic carbocycles. The minimum atomic E-state index is -0.352. The van der Waals surface area contributed by atoms with Crippen LogP contribution in [-0.2, 0) is 0 Å². The molecule has 0 spiro atoms. The van der Waals surface area contributed by atoms with Crippen molar-refractivity contribution >= 4 is 6.09 Å². The van der Waals surface area contributed by atoms with Gasteiger partial charge in [0.1, 0.15) is 5.75 Å². The van der Waals surface area contributed by atoms with Gasteiger partial charge in [0.2, 0.25) is 0 Å². The van der Waals surface area contributed by atoms with E-state index in [1.807, 2.05) is 32.0 Å². The minimum Gasteiger partial charge on any atom is -0.410 e. The maximum Gasteiger partial charge on any atom is 0.414 e. The number of hydrogen-bond donors (Lipinski definition) is 1. The Labute approximate surface area is 102 Å². The van der Waals surface area contributed by atoms with Crippen molar-refractivity contribution in [3.05, 3.63) is 29.8 Å². The first-order chi connectivity index (χ1) is 8.08. The van der Waals surface area contributed by atoms with Crippen LogP contribution in [0.3, 0.4) is 0 Å². The topological polar surface area (TPSA) is 55.6 Å². The van der Waals surface area contributed by atoms with Crippen LogP contribution in [0.4, 0.5) is 4.79 Å². The lowest BCUT2D eigenvalue weighted by Gasteiger charge is -2.15. The van der Waals surface area contributed by atoms with Crippen LogP contribution < -0.4 is 10.5 Å². The van der Waals surface area contributed by atoms with E-state index in [9.17, 15) is 4.79 Å². The second-order valence-electron chi connectivity index (χ2n) is 3.97. The van der Waals surface area contributed by atoms with Gasteiger partial charge in [0, 0.05) is 19.6 Å². The maximum atomic E-state index is 11.6. The molecule has 4 heteroatoms. The molecule has 1 rings (SSSR count). The summed E-state index contributed by atoms with van der Waals surface area (Å²) in [6, 6.07) is 7.34. The molecule has 2 N–H and O–H groups in total. The van der Waals surface area contributed by atoms with Crippen LogP contribution >= 0.6 is 0 Å². The van der Waals surface area contributed by atoms with Gasteiger partial charge in [-0.05, 0) is 31.0 Å². The molecular formula is C13H20N2O2. The molecule has 4 nitrogen and oxygen atoms in total. The molecule has 94 valence electrons. The Morgan fingerprint density at radius 2 is 2.18 bits per heavy atom. The van der Waals surface area contributed by atoms with E-state index >= 15 is 0 Å². The lowest BCUT2D eigenvalue weighted by molar-refractivity contribution is 0.165. The van der Waals surface area contributed by atoms with Crippen LogP contribution in [0, 0.1) is 0 Å². The molecule has 1 atom stereocenters. The summed E-state index contributed by atoms with van der Waals surface area (Å²) >= 11 is 0. The average Bonchev–Trinajstić information content (AvgIpc) is 2.37. The smallest absolute Gasteiger partial charge is 0.410 e. The van der Waals surface area contributed by atoms with Crippen LogP contribution in [0.1, 0.15) is 31.9 Å². The number of benzene rings is 1. The quantitative estimate of drug-likeness (QED) is 0.874. The van der Waals surface area contributed by atoms with Crippen molar-refractivity contribution in [2.75, 3.05) is 13.6 Å². The zero-order valence-corrected chi connectivity index (χ0v) is 10.6. The van der Waals surface area contributed by atoms with Crippen LogP contribution in [0.5, 0.6) is 5.75 Å². The largest absolute Gasteiger partial charge is 0.414 e. The number of carbonyl (C=O) groups excluding carboxylic acids is 1. The van der Waals surface area contributed by atoms with Gasteiger partial charge in [0.15, 0.2) is 0 Å². The Morgan fingerprint density at radius 3 is 2.76 bits per heavy atom. The highest BCUT2D eigenvalue weighted by molar-refractivity contribution is 5.70. The van der Waals surface area contributed by atoms with E-state index in [1.54, 1.807) is 13.1 Å². The Hall–Kier alpha value is -1.55. The number of rotatable bonds is 4. The molecule has 0 heterocycles. The summed E-state index contributed by atoms with van der Waals surface area (Å²) in [6.07, 6.45) is 0.501. The van der Waals surface area contributed by atoms with Gasteiger partial charge in [-0.2, -0.15) is 0 Å². The van der Waals surface area contributed by atoms with Crippen molar-refractivity contribution in [1.29, 1.82) is 0 Å². The normalized spacial score (nSPS) is 12.0. The fraction of sp³-hybridized carbons (Fsp3) is 0.462. The first-order valence-electron chi connectivity index (χ1n) is 5.87. The third-order valence-corrected chi connectivity index (χ3v) is 2.72. The highest BCUT2D eigenvalue weighted by Gasteiger charge is 2.10. The summed E-state index contributed by atoms with van der Waals surface area (Å²) < 4.78 is 5.23. The van der Waals surface area contributed by atoms with Crippen LogP contribution in [0.25, 0.3) is 0 Å². The van der Waals surface area contributed by atoms with Gasteiger partial charge in [-0.3, -0.25) is 0 Å². The number of nitrogens with zero attached hydrogens (tertiary/aromatic N) is 1. The highest BCUT2D eigenvalue weighted by atomic mass is 16.6. The highest BCUT2D eigenvalue weighted by Crippen LogP contribution is 2.20. The van der Waals surface area contributed by atoms with Crippen LogP contribution in [0.2, 0.25) is 0 Å². The number of hydrogen-bond acceptors (Lipinski definition) is 3. The van der Waals surface area contributed by atoms with Gasteiger partial charge in [-0.1, -0.05) is 19.1 Å². The molecule has 1 aromatic rings. The summed E-state index contributed by atoms with van der Waals surface area (Å²) in [6.45, 7) is 4.53. The second kappa shape index (κ2) is 6.25. The second-order valence-corrected chi connectivity index (χ2v) is 3.97. The molecule has 0 aliphatic rings. The van der Waals surface area contributed by atoms with E-state index in [2.05, 4.69) is 0 Å². The molecule has 0 saturated heterocycles. The van der Waals surface area contributed by atoms with E-state index < -0.39 is 0 Å². The molecule has 0 aromatic heterocycles. The molecular weight excluding hydrogens is 216 g/mol. The Balaban J connectivity index is 2.75. The molecule has 17 heavy (non-hydrogen) atoms. The summed E-state index contributed by atoms with van der Waals surface area (Å²) in [5.74, 6) is 0.539. The van der Waals surface area contributed by atoms with Gasteiger partial charge in [0.05, 0.1) is 0 Å². The van der Waals surface area contributed by atoms with Gasteiger partial charge in [0.25, 0.3) is 0 Å². The lowest BCUT2D eigenvalue weighted by atomic mass is 10.1. The lowest BCUT2D eigenvalue weighted by Crippen LogP contribution is -2.29. The molecule has 0 unspecified atom stereocenters. The van der Waals surface area contributed by atoms with Crippen molar-refractivity contribution in [3.63, 3.8) is 0 Å². The summed E-state index contributed by atoms with van der Waals surface area (Å²) in [7, 11) is 1.70. The van der Waals surface area contributed by atoms with Crippen molar-refractivity contribution < 1.29 is 9.53 Å². The van der Waals surface area contributed by atoms with Gasteiger partial charge in [-0.15, -0.1) is 0 Å². The van der Waals surface area contributed by atoms with Crippen LogP contribution in [0.15, 0.2) is 24.3 Å². The molecule has 1 aromatic carbocycles. The molecule has 0 bridgehead atoms. The Bertz CT molecular complexity index is 379. The van der Waals surface area contributed by atoms with E-state index in [1.165, 1.54) is 4.90 Å². The van der Waals surface area contributed by atoms with E-state index in [4.69, 9.17) is 10.5 Å². The number of amides is 1. The molecule has 0 saturated carbocycles. The Morgan fingerprint density at radius 1 is 1.47 bits per heavy atom. The number of carbonyl (C=O) groups is 1. The first kappa shape index (κ1) is 13.5. The molecule has 0 aliphatic heterocycles. The summed E-state index contributed by atoms with van der Waals surface area (Å²) in [5.41, 5.74) is 6.91. The van der Waals surface area contributed by atoms with Gasteiger partial charge < -0.3 is 15.4 Å². The standard InChI is InChI=1S/C13H20N2O2/c1-4-12(14)10-7-6-8-11(9-10)17-13(16)15(3)5-2/h6-9,12H,4-5,14H2,1-3H3/t12-/m0/s1. The third kappa shape index (κ3) is 3.75. The minimum absolute atomic E-state index is 0.0162. The molecule has 0 radical (unpaired) electrons. The fourth-order valence-corrected chi connectivity index (χ4v) is 1.35. The van der Waals surface area contributed by atoms with Crippen LogP contribution in [-0.4, -0.2) is 24.6 Å². The van der Waals surface area contributed by atoms with Crippen molar-refractivity contribution in [1.82, 2.24) is 4.90 Å². The third-order valence-electron chi connectivity index (χ3n) is 2.72. The monoisotopic (exact) mass is 236 g/mol. The van der Waals surface area contributed by atoms with E-state index in [0.717, 1.165) is 12.0 Å². The van der Waals surface area contributed by atoms with Gasteiger partial charge in [-0.25, -0.2) is 4.79 Å². The zero-order valence-electron chi connectivity index (χ0n) is 10.6. The van der Waals surface area contributed by atoms with Gasteiger partial charge >= 0.3 is 6.09 Å². The Kier molecular flexibility index (Phi) is 4.97. The van der Waals surface area contributed by atoms with Crippen molar-refractivity contribution in [2.24, 2.45) is 5.73 Å². The average molecular weight is 236 g/mol. The SMILES string of the molecule is CC[C@H](N)c1cccc(OC(=O)N(C)CC)c1. The molecule has 1 amide bonds. The first-order valence-corrected chi connectivity index (χ1v) is 5.87. The molecule has 0 fully saturated rings. The summed E-state index contributed by atoms with van der Waals surface area (Å²) in [4.78, 5) is 13.1. The van der Waals surface area contributed by atoms with Crippen molar-refractivity contribution in [2.45, 2.75) is 26.3 Å². The zero-order chi connectivity index (χ0) is 12.8. The van der Waals surface area contributed by atoms with E-state index in [0.29, 0.717) is 12.3 Å². The van der Waals surface area contributed by atoms with Crippen molar-refractivity contribution in [3.8, 4) is 5.75 Å². The maximum absolute atomic E-state index is 11.6. The van der Waals surface area contributed by atoms with E-state index in [-0.39, 0.29) is 12.1 Å². The predicted molar refractivity (Wildman–Crippen MR) is 68.0 cm³/mol. The summed E-state index contributed by atoms with van der Waals surface area (Å²) in [5, 5.41) is 0. The number of ether oxygens (including phenoxy) is 1. The fourth-order valence-electron chi connectivity index (χ4n) is 1.35.